The molecule has 1 atom stereocenters. The Morgan fingerprint density at radius 1 is 0.982 bits per heavy atom. The number of rotatable bonds is 13. The first-order valence-electron chi connectivity index (χ1n) is 18.2. The van der Waals surface area contributed by atoms with Gasteiger partial charge in [-0.15, -0.1) is 23.5 Å². The largest absolute Gasteiger partial charge is 0.507 e. The molecule has 0 radical (unpaired) electrons. The van der Waals surface area contributed by atoms with Crippen LogP contribution in [0.3, 0.4) is 0 Å². The molecule has 288 valence electrons. The molecule has 0 bridgehead atoms. The van der Waals surface area contributed by atoms with Crippen molar-refractivity contribution < 1.29 is 28.9 Å². The van der Waals surface area contributed by atoms with Crippen molar-refractivity contribution in [1.82, 2.24) is 24.1 Å². The zero-order valence-corrected chi connectivity index (χ0v) is 33.9. The lowest BCUT2D eigenvalue weighted by Gasteiger charge is -2.24. The van der Waals surface area contributed by atoms with Crippen LogP contribution < -0.4 is 0 Å². The molecule has 4 heterocycles. The Balaban J connectivity index is 1.18. The average Bonchev–Trinajstić information content (AvgIpc) is 3.83. The molecule has 1 unspecified atom stereocenters. The highest BCUT2D eigenvalue weighted by Crippen LogP contribution is 2.43. The van der Waals surface area contributed by atoms with Crippen LogP contribution in [0.5, 0.6) is 5.75 Å². The molecule has 3 aromatic carbocycles. The Morgan fingerprint density at radius 2 is 1.80 bits per heavy atom. The lowest BCUT2D eigenvalue weighted by molar-refractivity contribution is -0.140. The van der Waals surface area contributed by atoms with E-state index in [4.69, 9.17) is 36.0 Å². The van der Waals surface area contributed by atoms with Crippen LogP contribution in [0, 0.1) is 6.92 Å². The summed E-state index contributed by atoms with van der Waals surface area (Å²) < 4.78 is 22.0. The molecule has 1 aliphatic heterocycles. The molecule has 6 aromatic rings. The van der Waals surface area contributed by atoms with Gasteiger partial charge in [-0.25, -0.2) is 9.48 Å². The van der Waals surface area contributed by atoms with Crippen LogP contribution in [0.2, 0.25) is 5.02 Å². The van der Waals surface area contributed by atoms with E-state index in [-0.39, 0.29) is 24.4 Å². The quantitative estimate of drug-likeness (QED) is 0.0895. The molecule has 1 N–H and O–H groups in total. The molecule has 3 aromatic heterocycles. The molecule has 55 heavy (non-hydrogen) atoms. The molecular formula is C41H44ClN5O6S2. The molecule has 14 heteroatoms. The maximum atomic E-state index is 13.2. The van der Waals surface area contributed by atoms with Crippen molar-refractivity contribution in [2.24, 2.45) is 14.1 Å². The summed E-state index contributed by atoms with van der Waals surface area (Å²) in [6, 6.07) is 17.7. The van der Waals surface area contributed by atoms with Gasteiger partial charge in [0.2, 0.25) is 0 Å². The highest BCUT2D eigenvalue weighted by atomic mass is 35.5. The number of hydrogen-bond acceptors (Lipinski definition) is 10. The van der Waals surface area contributed by atoms with Crippen molar-refractivity contribution >= 4 is 68.7 Å². The molecule has 1 saturated heterocycles. The molecular weight excluding hydrogens is 758 g/mol. The minimum Gasteiger partial charge on any atom is -0.507 e. The topological polar surface area (TPSA) is 123 Å². The van der Waals surface area contributed by atoms with Crippen molar-refractivity contribution in [2.75, 3.05) is 20.8 Å². The summed E-state index contributed by atoms with van der Waals surface area (Å²) in [6.07, 6.45) is 3.33. The summed E-state index contributed by atoms with van der Waals surface area (Å²) in [4.78, 5) is 26.3. The van der Waals surface area contributed by atoms with Gasteiger partial charge in [-0.05, 0) is 67.8 Å². The van der Waals surface area contributed by atoms with Gasteiger partial charge in [0.1, 0.15) is 17.7 Å². The van der Waals surface area contributed by atoms with E-state index in [0.29, 0.717) is 46.6 Å². The fourth-order valence-electron chi connectivity index (χ4n) is 7.47. The number of esters is 2. The molecule has 0 saturated carbocycles. The van der Waals surface area contributed by atoms with Gasteiger partial charge in [0.15, 0.2) is 0 Å². The van der Waals surface area contributed by atoms with E-state index in [0.717, 1.165) is 79.7 Å². The molecule has 7 rings (SSSR count). The Kier molecular flexibility index (Phi) is 11.8. The van der Waals surface area contributed by atoms with Gasteiger partial charge in [-0.3, -0.25) is 9.48 Å². The number of ether oxygens (including phenoxy) is 3. The smallest absolute Gasteiger partial charge is 0.354 e. The summed E-state index contributed by atoms with van der Waals surface area (Å²) in [6.45, 7) is 2.73. The second kappa shape index (κ2) is 16.7. The number of halogens is 1. The van der Waals surface area contributed by atoms with Gasteiger partial charge < -0.3 is 23.9 Å². The SMILES string of the molecule is COC(=O)CCc1c(C(=O)OC)n(C)c2c(-c3c(CSCc4cc(CSc5cc(O)c6ccccc6c5)nn4C4CCCCO4)nn(C)c3C)c(Cl)ccc12. The normalized spacial score (nSPS) is 14.5. The number of fused-ring (bicyclic) bond motifs is 2. The van der Waals surface area contributed by atoms with Crippen molar-refractivity contribution in [1.29, 1.82) is 0 Å². The van der Waals surface area contributed by atoms with E-state index >= 15 is 0 Å². The van der Waals surface area contributed by atoms with Crippen molar-refractivity contribution in [3.05, 3.63) is 93.7 Å². The number of nitrogens with zero attached hydrogens (tertiary/aromatic N) is 5. The number of methoxy groups -OCH3 is 2. The summed E-state index contributed by atoms with van der Waals surface area (Å²) in [5.74, 6) is 1.33. The fourth-order valence-corrected chi connectivity index (χ4v) is 9.50. The summed E-state index contributed by atoms with van der Waals surface area (Å²) in [5.41, 5.74) is 7.34. The number of carbonyl (C=O) groups is 2. The van der Waals surface area contributed by atoms with E-state index in [1.165, 1.54) is 14.2 Å². The molecule has 1 fully saturated rings. The maximum Gasteiger partial charge on any atom is 0.354 e. The number of carbonyl (C=O) groups excluding carboxylic acids is 2. The van der Waals surface area contributed by atoms with Crippen LogP contribution in [0.25, 0.3) is 32.8 Å². The Labute approximate surface area is 333 Å². The summed E-state index contributed by atoms with van der Waals surface area (Å²) >= 11 is 10.4. The number of aryl methyl sites for hydroxylation is 3. The van der Waals surface area contributed by atoms with Gasteiger partial charge in [-0.2, -0.15) is 10.2 Å². The lowest BCUT2D eigenvalue weighted by atomic mass is 9.98. The summed E-state index contributed by atoms with van der Waals surface area (Å²) in [5, 5.41) is 23.8. The predicted octanol–water partition coefficient (Wildman–Crippen LogP) is 8.91. The number of hydrogen-bond donors (Lipinski definition) is 1. The van der Waals surface area contributed by atoms with Crippen molar-refractivity contribution in [3.63, 3.8) is 0 Å². The van der Waals surface area contributed by atoms with E-state index < -0.39 is 5.97 Å². The molecule has 11 nitrogen and oxygen atoms in total. The van der Waals surface area contributed by atoms with Crippen LogP contribution in [0.15, 0.2) is 59.5 Å². The fraction of sp³-hybridized carbons (Fsp3) is 0.366. The van der Waals surface area contributed by atoms with Crippen LogP contribution >= 0.6 is 35.1 Å². The Hall–Kier alpha value is -4.43. The number of benzene rings is 3. The minimum atomic E-state index is -0.494. The number of aromatic nitrogens is 5. The third-order valence-electron chi connectivity index (χ3n) is 10.2. The molecule has 0 spiro atoms. The second-order valence-corrected chi connectivity index (χ2v) is 16.1. The van der Waals surface area contributed by atoms with Gasteiger partial charge in [-0.1, -0.05) is 41.9 Å². The standard InChI is InChI=1S/C41H44ClN5O6S2/c1-24-37(38-32(42)15-13-30-31(14-16-36(49)51-4)40(41(50)52-5)45(2)39(30)38)33(44-46(24)3)23-54-22-27-19-26(43-47(27)35-12-8-9-17-53-35)21-55-28-18-25-10-6-7-11-29(25)34(48)20-28/h6-7,10-11,13,15,18-20,35,48H,8-9,12,14,16-17,21-23H2,1-5H3. The van der Waals surface area contributed by atoms with Gasteiger partial charge in [0.25, 0.3) is 0 Å². The van der Waals surface area contributed by atoms with Crippen LogP contribution in [-0.2, 0) is 56.8 Å². The van der Waals surface area contributed by atoms with E-state index in [2.05, 4.69) is 16.8 Å². The highest BCUT2D eigenvalue weighted by Gasteiger charge is 2.28. The van der Waals surface area contributed by atoms with Gasteiger partial charge in [0.05, 0.1) is 41.8 Å². The van der Waals surface area contributed by atoms with E-state index in [1.54, 1.807) is 23.5 Å². The Morgan fingerprint density at radius 3 is 2.56 bits per heavy atom. The maximum absolute atomic E-state index is 13.2. The third-order valence-corrected chi connectivity index (χ3v) is 12.5. The Bertz CT molecular complexity index is 2400. The second-order valence-electron chi connectivity index (χ2n) is 13.6. The number of aromatic hydroxyl groups is 1. The number of phenols is 1. The minimum absolute atomic E-state index is 0.112. The van der Waals surface area contributed by atoms with Crippen molar-refractivity contribution in [3.8, 4) is 16.9 Å². The van der Waals surface area contributed by atoms with E-state index in [1.807, 2.05) is 72.7 Å². The zero-order chi connectivity index (χ0) is 38.8. The zero-order valence-electron chi connectivity index (χ0n) is 31.6. The van der Waals surface area contributed by atoms with Crippen LogP contribution in [0.1, 0.15) is 70.7 Å². The first-order valence-corrected chi connectivity index (χ1v) is 20.7. The average molecular weight is 802 g/mol. The third kappa shape index (κ3) is 7.85. The molecule has 0 amide bonds. The molecule has 0 aliphatic carbocycles. The number of phenolic OH excluding ortho intramolecular Hbond substituents is 1. The first kappa shape index (κ1) is 38.8. The van der Waals surface area contributed by atoms with E-state index in [9.17, 15) is 14.7 Å². The first-order chi connectivity index (χ1) is 26.6. The van der Waals surface area contributed by atoms with Gasteiger partial charge >= 0.3 is 11.9 Å². The molecule has 1 aliphatic rings. The summed E-state index contributed by atoms with van der Waals surface area (Å²) in [7, 11) is 6.44. The van der Waals surface area contributed by atoms with Crippen LogP contribution in [0.4, 0.5) is 0 Å². The number of thioether (sulfide) groups is 2. The monoisotopic (exact) mass is 801 g/mol. The predicted molar refractivity (Wildman–Crippen MR) is 218 cm³/mol. The van der Waals surface area contributed by atoms with Gasteiger partial charge in [0, 0.05) is 76.9 Å². The lowest BCUT2D eigenvalue weighted by Crippen LogP contribution is -2.21. The van der Waals surface area contributed by atoms with Crippen LogP contribution in [-0.4, -0.2) is 62.0 Å². The highest BCUT2D eigenvalue weighted by molar-refractivity contribution is 7.98. The van der Waals surface area contributed by atoms with Crippen molar-refractivity contribution in [2.45, 2.75) is 67.4 Å².